The molecule has 1 aliphatic rings. The van der Waals surface area contributed by atoms with Crippen LogP contribution in [0.2, 0.25) is 0 Å². The molecule has 7 nitrogen and oxygen atoms in total. The lowest BCUT2D eigenvalue weighted by Gasteiger charge is -2.20. The summed E-state index contributed by atoms with van der Waals surface area (Å²) in [6.45, 7) is 7.38. The molecular formula is C22H27N3O4S. The largest absolute Gasteiger partial charge is 0.326 e. The average Bonchev–Trinajstić information content (AvgIpc) is 2.99. The van der Waals surface area contributed by atoms with E-state index in [2.05, 4.69) is 10.0 Å². The van der Waals surface area contributed by atoms with Gasteiger partial charge in [0.05, 0.1) is 4.90 Å². The molecule has 1 atom stereocenters. The summed E-state index contributed by atoms with van der Waals surface area (Å²) in [4.78, 5) is 25.8. The summed E-state index contributed by atoms with van der Waals surface area (Å²) in [6, 6.07) is 10.4. The van der Waals surface area contributed by atoms with Crippen molar-refractivity contribution in [1.82, 2.24) is 4.72 Å². The number of carbonyl (C=O) groups excluding carboxylic acids is 2. The Hall–Kier alpha value is -2.71. The van der Waals surface area contributed by atoms with Crippen LogP contribution in [0, 0.1) is 13.8 Å². The van der Waals surface area contributed by atoms with Crippen LogP contribution in [0.1, 0.15) is 37.0 Å². The molecule has 2 N–H and O–H groups in total. The molecule has 0 spiro atoms. The Morgan fingerprint density at radius 2 is 1.83 bits per heavy atom. The van der Waals surface area contributed by atoms with Gasteiger partial charge >= 0.3 is 0 Å². The van der Waals surface area contributed by atoms with Crippen LogP contribution in [0.25, 0.3) is 0 Å². The molecule has 0 fully saturated rings. The summed E-state index contributed by atoms with van der Waals surface area (Å²) < 4.78 is 27.7. The number of nitrogens with zero attached hydrogens (tertiary/aromatic N) is 1. The Bertz CT molecular complexity index is 1100. The first-order valence-electron chi connectivity index (χ1n) is 9.88. The van der Waals surface area contributed by atoms with Gasteiger partial charge in [-0.15, -0.1) is 0 Å². The molecule has 30 heavy (non-hydrogen) atoms. The Balaban J connectivity index is 1.60. The number of amides is 2. The topological polar surface area (TPSA) is 95.6 Å². The molecule has 160 valence electrons. The van der Waals surface area contributed by atoms with Gasteiger partial charge in [-0.2, -0.15) is 0 Å². The van der Waals surface area contributed by atoms with Crippen molar-refractivity contribution in [3.8, 4) is 0 Å². The molecule has 0 unspecified atom stereocenters. The Labute approximate surface area is 177 Å². The lowest BCUT2D eigenvalue weighted by Crippen LogP contribution is -2.33. The fourth-order valence-electron chi connectivity index (χ4n) is 3.68. The highest BCUT2D eigenvalue weighted by Crippen LogP contribution is 2.33. The van der Waals surface area contributed by atoms with E-state index in [1.807, 2.05) is 39.0 Å². The van der Waals surface area contributed by atoms with Gasteiger partial charge in [0.1, 0.15) is 0 Å². The fraction of sp³-hybridized carbons (Fsp3) is 0.364. The van der Waals surface area contributed by atoms with Crippen molar-refractivity contribution < 1.29 is 18.0 Å². The van der Waals surface area contributed by atoms with E-state index in [4.69, 9.17) is 0 Å². The van der Waals surface area contributed by atoms with Crippen LogP contribution in [0.4, 0.5) is 11.4 Å². The molecule has 0 saturated carbocycles. The molecule has 0 bridgehead atoms. The zero-order chi connectivity index (χ0) is 22.1. The van der Waals surface area contributed by atoms with Crippen LogP contribution in [-0.2, 0) is 26.0 Å². The molecule has 0 aliphatic carbocycles. The van der Waals surface area contributed by atoms with Crippen LogP contribution in [0.5, 0.6) is 0 Å². The van der Waals surface area contributed by atoms with Crippen molar-refractivity contribution in [2.75, 3.05) is 16.8 Å². The van der Waals surface area contributed by atoms with Crippen molar-refractivity contribution in [2.24, 2.45) is 0 Å². The third-order valence-corrected chi connectivity index (χ3v) is 6.81. The van der Waals surface area contributed by atoms with Crippen LogP contribution in [-0.4, -0.2) is 32.8 Å². The predicted octanol–water partition coefficient (Wildman–Crippen LogP) is 2.91. The summed E-state index contributed by atoms with van der Waals surface area (Å²) >= 11 is 0. The summed E-state index contributed by atoms with van der Waals surface area (Å²) in [5, 5.41) is 2.78. The summed E-state index contributed by atoms with van der Waals surface area (Å²) in [6.07, 6.45) is 0.628. The van der Waals surface area contributed by atoms with E-state index < -0.39 is 10.0 Å². The second kappa shape index (κ2) is 8.57. The Morgan fingerprint density at radius 3 is 2.50 bits per heavy atom. The maximum absolute atomic E-state index is 12.6. The van der Waals surface area contributed by atoms with Crippen LogP contribution >= 0.6 is 0 Å². The van der Waals surface area contributed by atoms with Crippen LogP contribution < -0.4 is 14.9 Å². The smallest absolute Gasteiger partial charge is 0.240 e. The van der Waals surface area contributed by atoms with Crippen molar-refractivity contribution >= 4 is 33.2 Å². The Morgan fingerprint density at radius 1 is 1.10 bits per heavy atom. The molecule has 1 aliphatic heterocycles. The number of fused-ring (bicyclic) bond motifs is 1. The highest BCUT2D eigenvalue weighted by Gasteiger charge is 2.30. The third kappa shape index (κ3) is 4.71. The van der Waals surface area contributed by atoms with Gasteiger partial charge in [0.2, 0.25) is 21.8 Å². The van der Waals surface area contributed by atoms with Gasteiger partial charge in [-0.25, -0.2) is 13.1 Å². The molecule has 3 rings (SSSR count). The molecule has 1 heterocycles. The summed E-state index contributed by atoms with van der Waals surface area (Å²) in [5.74, 6) is -0.328. The van der Waals surface area contributed by atoms with Crippen molar-refractivity contribution in [2.45, 2.75) is 51.5 Å². The lowest BCUT2D eigenvalue weighted by molar-refractivity contribution is -0.117. The number of sulfonamides is 1. The second-order valence-corrected chi connectivity index (χ2v) is 9.49. The highest BCUT2D eigenvalue weighted by atomic mass is 32.2. The predicted molar refractivity (Wildman–Crippen MR) is 117 cm³/mol. The quantitative estimate of drug-likeness (QED) is 0.738. The monoisotopic (exact) mass is 429 g/mol. The number of carbonyl (C=O) groups is 2. The SMILES string of the molecule is CC(=O)N1c2ccc(S(=O)(=O)NCCC(=O)Nc3ccc(C)c(C)c3)cc2C[C@H]1C. The standard InChI is InChI=1S/C22H27N3O4S/c1-14-5-6-19(11-15(14)2)24-22(27)9-10-23-30(28,29)20-7-8-21-18(13-20)12-16(3)25(21)17(4)26/h5-8,11,13,16,23H,9-10,12H2,1-4H3,(H,24,27)/t16-/m1/s1. The first-order valence-corrected chi connectivity index (χ1v) is 11.4. The summed E-state index contributed by atoms with van der Waals surface area (Å²) in [7, 11) is -3.75. The normalized spacial score (nSPS) is 15.7. The maximum atomic E-state index is 12.6. The van der Waals surface area contributed by atoms with Crippen molar-refractivity contribution in [3.05, 3.63) is 53.1 Å². The van der Waals surface area contributed by atoms with Gasteiger partial charge in [0, 0.05) is 37.3 Å². The number of aryl methyl sites for hydroxylation is 2. The minimum absolute atomic E-state index is 0.00230. The Kier molecular flexibility index (Phi) is 6.28. The van der Waals surface area contributed by atoms with Gasteiger partial charge in [-0.05, 0) is 74.2 Å². The molecule has 2 aromatic carbocycles. The minimum atomic E-state index is -3.75. The average molecular weight is 430 g/mol. The van der Waals surface area contributed by atoms with Crippen molar-refractivity contribution in [3.63, 3.8) is 0 Å². The van der Waals surface area contributed by atoms with Gasteiger partial charge in [-0.1, -0.05) is 6.07 Å². The van der Waals surface area contributed by atoms with Gasteiger partial charge in [-0.3, -0.25) is 9.59 Å². The van der Waals surface area contributed by atoms with E-state index >= 15 is 0 Å². The van der Waals surface area contributed by atoms with Gasteiger partial charge in [0.15, 0.2) is 0 Å². The number of hydrogen-bond donors (Lipinski definition) is 2. The number of hydrogen-bond acceptors (Lipinski definition) is 4. The van der Waals surface area contributed by atoms with E-state index in [-0.39, 0.29) is 35.7 Å². The van der Waals surface area contributed by atoms with Gasteiger partial charge in [0.25, 0.3) is 0 Å². The number of rotatable bonds is 6. The molecule has 0 radical (unpaired) electrons. The molecule has 8 heteroatoms. The second-order valence-electron chi connectivity index (χ2n) is 7.73. The molecule has 0 aromatic heterocycles. The fourth-order valence-corrected chi connectivity index (χ4v) is 4.76. The van der Waals surface area contributed by atoms with Crippen LogP contribution in [0.15, 0.2) is 41.3 Å². The van der Waals surface area contributed by atoms with E-state index in [9.17, 15) is 18.0 Å². The van der Waals surface area contributed by atoms with E-state index in [0.717, 1.165) is 22.4 Å². The molecule has 2 amide bonds. The first-order chi connectivity index (χ1) is 14.1. The maximum Gasteiger partial charge on any atom is 0.240 e. The number of nitrogens with one attached hydrogen (secondary N) is 2. The molecule has 2 aromatic rings. The zero-order valence-corrected chi connectivity index (χ0v) is 18.5. The lowest BCUT2D eigenvalue weighted by atomic mass is 10.1. The highest BCUT2D eigenvalue weighted by molar-refractivity contribution is 7.89. The summed E-state index contributed by atoms with van der Waals surface area (Å²) in [5.41, 5.74) is 4.47. The number of anilines is 2. The first kappa shape index (κ1) is 22.0. The molecule has 0 saturated heterocycles. The minimum Gasteiger partial charge on any atom is -0.326 e. The third-order valence-electron chi connectivity index (χ3n) is 5.35. The van der Waals surface area contributed by atoms with Crippen LogP contribution in [0.3, 0.4) is 0 Å². The zero-order valence-electron chi connectivity index (χ0n) is 17.7. The van der Waals surface area contributed by atoms with E-state index in [1.54, 1.807) is 17.0 Å². The van der Waals surface area contributed by atoms with E-state index in [1.165, 1.54) is 13.0 Å². The van der Waals surface area contributed by atoms with Crippen molar-refractivity contribution in [1.29, 1.82) is 0 Å². The number of benzene rings is 2. The van der Waals surface area contributed by atoms with E-state index in [0.29, 0.717) is 12.1 Å². The van der Waals surface area contributed by atoms with Gasteiger partial charge < -0.3 is 10.2 Å². The molecular weight excluding hydrogens is 402 g/mol.